The van der Waals surface area contributed by atoms with Crippen molar-refractivity contribution in [1.29, 1.82) is 0 Å². The second-order valence-corrected chi connectivity index (χ2v) is 9.78. The number of nitrogens with zero attached hydrogens (tertiary/aromatic N) is 1. The van der Waals surface area contributed by atoms with Gasteiger partial charge in [0.2, 0.25) is 5.91 Å². The van der Waals surface area contributed by atoms with Crippen molar-refractivity contribution in [2.45, 2.75) is 44.4 Å². The van der Waals surface area contributed by atoms with Gasteiger partial charge in [-0.25, -0.2) is 8.42 Å². The summed E-state index contributed by atoms with van der Waals surface area (Å²) in [6, 6.07) is 12.7. The van der Waals surface area contributed by atoms with Gasteiger partial charge in [0, 0.05) is 17.8 Å². The standard InChI is InChI=1S/C26H31N3O6S/c1-4-5-6-7-16-34-23-14-8-20(18-24(23)33-3)9-15-26(30)27-21-10-12-22(13-11-21)36(31,32)29-25-17-19(2)35-28-25/h8-15,17-18H,4-7,16H2,1-3H3,(H,27,30)(H,28,29)/b15-9+. The Morgan fingerprint density at radius 2 is 1.83 bits per heavy atom. The number of ether oxygens (including phenoxy) is 2. The second kappa shape index (κ2) is 12.8. The van der Waals surface area contributed by atoms with Crippen LogP contribution in [0.5, 0.6) is 11.5 Å². The molecule has 0 unspecified atom stereocenters. The molecule has 2 N–H and O–H groups in total. The van der Waals surface area contributed by atoms with Crippen LogP contribution < -0.4 is 19.5 Å². The molecule has 0 spiro atoms. The van der Waals surface area contributed by atoms with Gasteiger partial charge in [-0.2, -0.15) is 0 Å². The zero-order valence-corrected chi connectivity index (χ0v) is 21.4. The van der Waals surface area contributed by atoms with Crippen molar-refractivity contribution >= 4 is 33.5 Å². The van der Waals surface area contributed by atoms with Crippen LogP contribution in [0.3, 0.4) is 0 Å². The number of aryl methyl sites for hydroxylation is 1. The summed E-state index contributed by atoms with van der Waals surface area (Å²) in [5.74, 6) is 1.48. The first-order valence-electron chi connectivity index (χ1n) is 11.7. The van der Waals surface area contributed by atoms with Crippen LogP contribution in [0.1, 0.15) is 43.9 Å². The summed E-state index contributed by atoms with van der Waals surface area (Å²) in [7, 11) is -2.26. The number of anilines is 2. The zero-order valence-electron chi connectivity index (χ0n) is 20.6. The van der Waals surface area contributed by atoms with Crippen molar-refractivity contribution in [3.05, 3.63) is 65.9 Å². The topological polar surface area (TPSA) is 120 Å². The van der Waals surface area contributed by atoms with E-state index >= 15 is 0 Å². The smallest absolute Gasteiger partial charge is 0.263 e. The molecular formula is C26H31N3O6S. The monoisotopic (exact) mass is 513 g/mol. The Kier molecular flexibility index (Phi) is 9.52. The van der Waals surface area contributed by atoms with Crippen LogP contribution in [0.15, 0.2) is 64.0 Å². The van der Waals surface area contributed by atoms with E-state index in [1.54, 1.807) is 26.2 Å². The fourth-order valence-electron chi connectivity index (χ4n) is 3.30. The molecule has 0 aliphatic heterocycles. The van der Waals surface area contributed by atoms with Gasteiger partial charge in [0.05, 0.1) is 18.6 Å². The van der Waals surface area contributed by atoms with Crippen molar-refractivity contribution in [3.63, 3.8) is 0 Å². The molecule has 3 rings (SSSR count). The van der Waals surface area contributed by atoms with E-state index in [-0.39, 0.29) is 16.6 Å². The number of hydrogen-bond donors (Lipinski definition) is 2. The SMILES string of the molecule is CCCCCCOc1ccc(/C=C/C(=O)Nc2ccc(S(=O)(=O)Nc3cc(C)on3)cc2)cc1OC. The largest absolute Gasteiger partial charge is 0.493 e. The predicted octanol–water partition coefficient (Wildman–Crippen LogP) is 5.40. The average molecular weight is 514 g/mol. The second-order valence-electron chi connectivity index (χ2n) is 8.09. The van der Waals surface area contributed by atoms with Crippen molar-refractivity contribution in [2.24, 2.45) is 0 Å². The van der Waals surface area contributed by atoms with Crippen molar-refractivity contribution in [2.75, 3.05) is 23.8 Å². The number of sulfonamides is 1. The molecule has 0 aliphatic rings. The highest BCUT2D eigenvalue weighted by atomic mass is 32.2. The zero-order chi connectivity index (χ0) is 26.0. The summed E-state index contributed by atoms with van der Waals surface area (Å²) >= 11 is 0. The van der Waals surface area contributed by atoms with E-state index in [0.717, 1.165) is 18.4 Å². The first-order chi connectivity index (χ1) is 17.3. The highest BCUT2D eigenvalue weighted by molar-refractivity contribution is 7.92. The Labute approximate surface area is 211 Å². The molecule has 1 heterocycles. The molecule has 10 heteroatoms. The summed E-state index contributed by atoms with van der Waals surface area (Å²) < 4.78 is 43.4. The van der Waals surface area contributed by atoms with Crippen LogP contribution in [0, 0.1) is 6.92 Å². The third-order valence-corrected chi connectivity index (χ3v) is 6.54. The Morgan fingerprint density at radius 3 is 2.50 bits per heavy atom. The van der Waals surface area contributed by atoms with Gasteiger partial charge in [0.25, 0.3) is 10.0 Å². The van der Waals surface area contributed by atoms with E-state index in [2.05, 4.69) is 22.1 Å². The van der Waals surface area contributed by atoms with E-state index in [4.69, 9.17) is 14.0 Å². The minimum absolute atomic E-state index is 0.0245. The van der Waals surface area contributed by atoms with Gasteiger partial charge in [-0.1, -0.05) is 37.4 Å². The fraction of sp³-hybridized carbons (Fsp3) is 0.308. The quantitative estimate of drug-likeness (QED) is 0.232. The lowest BCUT2D eigenvalue weighted by atomic mass is 10.2. The van der Waals surface area contributed by atoms with Crippen LogP contribution in [-0.2, 0) is 14.8 Å². The molecule has 9 nitrogen and oxygen atoms in total. The van der Waals surface area contributed by atoms with Gasteiger partial charge in [-0.3, -0.25) is 9.52 Å². The van der Waals surface area contributed by atoms with Crippen LogP contribution in [0.2, 0.25) is 0 Å². The highest BCUT2D eigenvalue weighted by Gasteiger charge is 2.16. The van der Waals surface area contributed by atoms with Crippen LogP contribution >= 0.6 is 0 Å². The summed E-state index contributed by atoms with van der Waals surface area (Å²) in [4.78, 5) is 12.4. The van der Waals surface area contributed by atoms with Crippen molar-refractivity contribution < 1.29 is 27.2 Å². The van der Waals surface area contributed by atoms with Crippen LogP contribution in [-0.4, -0.2) is 33.2 Å². The molecule has 36 heavy (non-hydrogen) atoms. The molecule has 0 saturated carbocycles. The Morgan fingerprint density at radius 1 is 1.06 bits per heavy atom. The first-order valence-corrected chi connectivity index (χ1v) is 13.1. The average Bonchev–Trinajstić information content (AvgIpc) is 3.27. The first kappa shape index (κ1) is 26.8. The molecule has 0 saturated heterocycles. The molecule has 0 radical (unpaired) electrons. The number of nitrogens with one attached hydrogen (secondary N) is 2. The summed E-state index contributed by atoms with van der Waals surface area (Å²) in [6.45, 7) is 4.46. The van der Waals surface area contributed by atoms with E-state index in [1.807, 2.05) is 12.1 Å². The van der Waals surface area contributed by atoms with Crippen LogP contribution in [0.4, 0.5) is 11.5 Å². The van der Waals surface area contributed by atoms with E-state index in [0.29, 0.717) is 29.6 Å². The van der Waals surface area contributed by atoms with Gasteiger partial charge in [-0.05, 0) is 61.4 Å². The Balaban J connectivity index is 1.56. The van der Waals surface area contributed by atoms with E-state index < -0.39 is 10.0 Å². The van der Waals surface area contributed by atoms with Gasteiger partial charge < -0.3 is 19.3 Å². The molecular weight excluding hydrogens is 482 g/mol. The minimum atomic E-state index is -3.83. The fourth-order valence-corrected chi connectivity index (χ4v) is 4.29. The molecule has 1 amide bonds. The lowest BCUT2D eigenvalue weighted by Crippen LogP contribution is -2.13. The summed E-state index contributed by atoms with van der Waals surface area (Å²) in [5.41, 5.74) is 1.22. The number of amides is 1. The maximum absolute atomic E-state index is 12.5. The number of rotatable bonds is 13. The molecule has 2 aromatic carbocycles. The Hall–Kier alpha value is -3.79. The maximum Gasteiger partial charge on any atom is 0.263 e. The van der Waals surface area contributed by atoms with Gasteiger partial charge >= 0.3 is 0 Å². The van der Waals surface area contributed by atoms with E-state index in [1.165, 1.54) is 49.2 Å². The third-order valence-electron chi connectivity index (χ3n) is 5.17. The number of hydrogen-bond acceptors (Lipinski definition) is 7. The Bertz CT molecular complexity index is 1280. The number of carbonyl (C=O) groups is 1. The molecule has 0 fully saturated rings. The highest BCUT2D eigenvalue weighted by Crippen LogP contribution is 2.29. The van der Waals surface area contributed by atoms with Gasteiger partial charge in [0.15, 0.2) is 17.3 Å². The van der Waals surface area contributed by atoms with Crippen molar-refractivity contribution in [3.8, 4) is 11.5 Å². The number of methoxy groups -OCH3 is 1. The van der Waals surface area contributed by atoms with Crippen molar-refractivity contribution in [1.82, 2.24) is 5.16 Å². The lowest BCUT2D eigenvalue weighted by molar-refractivity contribution is -0.111. The van der Waals surface area contributed by atoms with E-state index in [9.17, 15) is 13.2 Å². The van der Waals surface area contributed by atoms with Crippen LogP contribution in [0.25, 0.3) is 6.08 Å². The molecule has 3 aromatic rings. The minimum Gasteiger partial charge on any atom is -0.493 e. The maximum atomic E-state index is 12.5. The number of benzene rings is 2. The molecule has 0 aliphatic carbocycles. The molecule has 0 atom stereocenters. The predicted molar refractivity (Wildman–Crippen MR) is 139 cm³/mol. The number of aromatic nitrogens is 1. The molecule has 192 valence electrons. The molecule has 0 bridgehead atoms. The molecule has 1 aromatic heterocycles. The lowest BCUT2D eigenvalue weighted by Gasteiger charge is -2.11. The third kappa shape index (κ3) is 7.88. The normalized spacial score (nSPS) is 11.4. The van der Waals surface area contributed by atoms with Gasteiger partial charge in [-0.15, -0.1) is 0 Å². The number of unbranched alkanes of at least 4 members (excludes halogenated alkanes) is 3. The number of carbonyl (C=O) groups excluding carboxylic acids is 1. The summed E-state index contributed by atoms with van der Waals surface area (Å²) in [6.07, 6.45) is 7.53. The summed E-state index contributed by atoms with van der Waals surface area (Å²) in [5, 5.41) is 6.33. The van der Waals surface area contributed by atoms with Gasteiger partial charge in [0.1, 0.15) is 5.76 Å².